The molecule has 1 aromatic rings. The molecule has 0 aliphatic rings. The summed E-state index contributed by atoms with van der Waals surface area (Å²) in [5.74, 6) is 0.883. The molecular formula is C11H14O2S. The topological polar surface area (TPSA) is 18.5 Å². The van der Waals surface area contributed by atoms with E-state index in [0.29, 0.717) is 6.61 Å². The first kappa shape index (κ1) is 11.1. The number of rotatable bonds is 4. The van der Waals surface area contributed by atoms with E-state index >= 15 is 0 Å². The summed E-state index contributed by atoms with van der Waals surface area (Å²) in [7, 11) is 3.30. The molecule has 2 nitrogen and oxygen atoms in total. The smallest absolute Gasteiger partial charge is 0.121 e. The molecule has 0 unspecified atom stereocenters. The molecule has 0 aliphatic carbocycles. The first-order chi connectivity index (χ1) is 6.69. The molecule has 14 heavy (non-hydrogen) atoms. The van der Waals surface area contributed by atoms with Crippen LogP contribution in [0.15, 0.2) is 18.2 Å². The average Bonchev–Trinajstić information content (AvgIpc) is 2.18. The van der Waals surface area contributed by atoms with Crippen LogP contribution in [0.25, 0.3) is 0 Å². The monoisotopic (exact) mass is 210 g/mol. The van der Waals surface area contributed by atoms with E-state index in [4.69, 9.17) is 21.7 Å². The fourth-order valence-electron chi connectivity index (χ4n) is 1.27. The van der Waals surface area contributed by atoms with E-state index in [2.05, 4.69) is 0 Å². The van der Waals surface area contributed by atoms with Gasteiger partial charge in [-0.15, -0.1) is 0 Å². The quantitative estimate of drug-likeness (QED) is 0.561. The van der Waals surface area contributed by atoms with E-state index in [9.17, 15) is 0 Å². The van der Waals surface area contributed by atoms with Crippen LogP contribution in [0.3, 0.4) is 0 Å². The van der Waals surface area contributed by atoms with Crippen molar-refractivity contribution in [1.82, 2.24) is 0 Å². The Morgan fingerprint density at radius 3 is 2.57 bits per heavy atom. The molecule has 0 spiro atoms. The van der Waals surface area contributed by atoms with Crippen LogP contribution in [0.2, 0.25) is 0 Å². The van der Waals surface area contributed by atoms with Gasteiger partial charge in [-0.2, -0.15) is 0 Å². The third-order valence-electron chi connectivity index (χ3n) is 1.99. The minimum absolute atomic E-state index is 0.487. The molecule has 1 aromatic carbocycles. The number of hydrogen-bond acceptors (Lipinski definition) is 3. The van der Waals surface area contributed by atoms with Crippen molar-refractivity contribution in [3.8, 4) is 5.75 Å². The first-order valence-electron chi connectivity index (χ1n) is 4.36. The van der Waals surface area contributed by atoms with Crippen molar-refractivity contribution in [2.75, 3.05) is 20.8 Å². The summed E-state index contributed by atoms with van der Waals surface area (Å²) in [6.45, 7) is 2.48. The summed E-state index contributed by atoms with van der Waals surface area (Å²) in [5.41, 5.74) is 2.11. The molecule has 0 heterocycles. The Balaban J connectivity index is 2.91. The van der Waals surface area contributed by atoms with Gasteiger partial charge in [0.1, 0.15) is 5.75 Å². The fourth-order valence-corrected chi connectivity index (χ4v) is 1.51. The van der Waals surface area contributed by atoms with Gasteiger partial charge < -0.3 is 9.47 Å². The molecule has 0 aliphatic heterocycles. The van der Waals surface area contributed by atoms with E-state index in [1.807, 2.05) is 25.1 Å². The fraction of sp³-hybridized carbons (Fsp3) is 0.364. The maximum atomic E-state index is 5.19. The molecule has 76 valence electrons. The van der Waals surface area contributed by atoms with Crippen LogP contribution in [0, 0.1) is 6.92 Å². The van der Waals surface area contributed by atoms with Gasteiger partial charge in [-0.25, -0.2) is 0 Å². The molecule has 0 fully saturated rings. The third-order valence-corrected chi connectivity index (χ3v) is 2.35. The van der Waals surface area contributed by atoms with Crippen LogP contribution >= 0.6 is 12.2 Å². The molecule has 0 atom stereocenters. The highest BCUT2D eigenvalue weighted by Gasteiger charge is 2.03. The summed E-state index contributed by atoms with van der Waals surface area (Å²) >= 11 is 5.19. The van der Waals surface area contributed by atoms with E-state index in [-0.39, 0.29) is 0 Å². The van der Waals surface area contributed by atoms with Crippen LogP contribution in [0.5, 0.6) is 5.75 Å². The minimum Gasteiger partial charge on any atom is -0.496 e. The second-order valence-electron chi connectivity index (χ2n) is 3.04. The summed E-state index contributed by atoms with van der Waals surface area (Å²) in [4.78, 5) is 0.818. The van der Waals surface area contributed by atoms with Gasteiger partial charge >= 0.3 is 0 Å². The largest absolute Gasteiger partial charge is 0.496 e. The Bertz CT molecular complexity index is 334. The number of thiocarbonyl (C=S) groups is 1. The van der Waals surface area contributed by atoms with E-state index < -0.39 is 0 Å². The molecule has 0 N–H and O–H groups in total. The van der Waals surface area contributed by atoms with Gasteiger partial charge in [0.25, 0.3) is 0 Å². The molecule has 0 amide bonds. The maximum absolute atomic E-state index is 5.19. The van der Waals surface area contributed by atoms with Crippen LogP contribution in [0.1, 0.15) is 11.1 Å². The Hall–Kier alpha value is -0.930. The molecule has 1 rings (SSSR count). The van der Waals surface area contributed by atoms with Crippen molar-refractivity contribution in [3.05, 3.63) is 29.3 Å². The van der Waals surface area contributed by atoms with Crippen LogP contribution in [0.4, 0.5) is 0 Å². The zero-order valence-corrected chi connectivity index (χ0v) is 9.48. The predicted molar refractivity (Wildman–Crippen MR) is 61.3 cm³/mol. The zero-order chi connectivity index (χ0) is 10.6. The highest BCUT2D eigenvalue weighted by molar-refractivity contribution is 7.80. The van der Waals surface area contributed by atoms with Crippen molar-refractivity contribution in [3.63, 3.8) is 0 Å². The number of aryl methyl sites for hydroxylation is 1. The summed E-state index contributed by atoms with van der Waals surface area (Å²) in [5, 5.41) is 0. The maximum Gasteiger partial charge on any atom is 0.121 e. The van der Waals surface area contributed by atoms with Crippen molar-refractivity contribution in [1.29, 1.82) is 0 Å². The summed E-state index contributed by atoms with van der Waals surface area (Å²) < 4.78 is 10.1. The second kappa shape index (κ2) is 5.08. The SMILES string of the molecule is COCC(=S)c1ccc(OC)c(C)c1. The van der Waals surface area contributed by atoms with Gasteiger partial charge in [0.2, 0.25) is 0 Å². The van der Waals surface area contributed by atoms with Crippen molar-refractivity contribution in [2.24, 2.45) is 0 Å². The normalized spacial score (nSPS) is 9.93. The first-order valence-corrected chi connectivity index (χ1v) is 4.76. The lowest BCUT2D eigenvalue weighted by Gasteiger charge is -2.07. The summed E-state index contributed by atoms with van der Waals surface area (Å²) in [6.07, 6.45) is 0. The van der Waals surface area contributed by atoms with Crippen molar-refractivity contribution >= 4 is 17.1 Å². The van der Waals surface area contributed by atoms with E-state index in [1.165, 1.54) is 0 Å². The molecule has 3 heteroatoms. The number of methoxy groups -OCH3 is 2. The van der Waals surface area contributed by atoms with Crippen LogP contribution in [-0.2, 0) is 4.74 Å². The lowest BCUT2D eigenvalue weighted by molar-refractivity contribution is 0.247. The molecule has 0 bridgehead atoms. The highest BCUT2D eigenvalue weighted by atomic mass is 32.1. The highest BCUT2D eigenvalue weighted by Crippen LogP contribution is 2.18. The predicted octanol–water partition coefficient (Wildman–Crippen LogP) is 2.37. The number of ether oxygens (including phenoxy) is 2. The van der Waals surface area contributed by atoms with E-state index in [0.717, 1.165) is 21.7 Å². The average molecular weight is 210 g/mol. The Kier molecular flexibility index (Phi) is 4.04. The number of benzene rings is 1. The van der Waals surface area contributed by atoms with Gasteiger partial charge in [0, 0.05) is 12.0 Å². The molecule has 0 saturated heterocycles. The molecule has 0 saturated carbocycles. The van der Waals surface area contributed by atoms with Gasteiger partial charge in [-0.1, -0.05) is 18.3 Å². The molecule has 0 radical (unpaired) electrons. The number of hydrogen-bond donors (Lipinski definition) is 0. The van der Waals surface area contributed by atoms with Crippen LogP contribution < -0.4 is 4.74 Å². The van der Waals surface area contributed by atoms with Gasteiger partial charge in [0.15, 0.2) is 0 Å². The van der Waals surface area contributed by atoms with Gasteiger partial charge in [0.05, 0.1) is 13.7 Å². The zero-order valence-electron chi connectivity index (χ0n) is 8.66. The third kappa shape index (κ3) is 2.53. The Morgan fingerprint density at radius 1 is 1.36 bits per heavy atom. The molecule has 0 aromatic heterocycles. The van der Waals surface area contributed by atoms with Crippen molar-refractivity contribution < 1.29 is 9.47 Å². The van der Waals surface area contributed by atoms with Gasteiger partial charge in [-0.3, -0.25) is 0 Å². The lowest BCUT2D eigenvalue weighted by Crippen LogP contribution is -2.05. The van der Waals surface area contributed by atoms with E-state index in [1.54, 1.807) is 14.2 Å². The van der Waals surface area contributed by atoms with Crippen LogP contribution in [-0.4, -0.2) is 25.7 Å². The second-order valence-corrected chi connectivity index (χ2v) is 3.53. The lowest BCUT2D eigenvalue weighted by atomic mass is 10.1. The summed E-state index contributed by atoms with van der Waals surface area (Å²) in [6, 6.07) is 5.89. The minimum atomic E-state index is 0.487. The van der Waals surface area contributed by atoms with Gasteiger partial charge in [-0.05, 0) is 30.2 Å². The Labute approximate surface area is 89.8 Å². The van der Waals surface area contributed by atoms with Crippen molar-refractivity contribution in [2.45, 2.75) is 6.92 Å². The molecular weight excluding hydrogens is 196 g/mol. The standard InChI is InChI=1S/C11H14O2S/c1-8-6-9(11(14)7-12-2)4-5-10(8)13-3/h4-6H,7H2,1-3H3. The Morgan fingerprint density at radius 2 is 2.07 bits per heavy atom.